The molecule has 29 heavy (non-hydrogen) atoms. The summed E-state index contributed by atoms with van der Waals surface area (Å²) in [4.78, 5) is 25.6. The van der Waals surface area contributed by atoms with Gasteiger partial charge < -0.3 is 10.6 Å². The highest BCUT2D eigenvalue weighted by Crippen LogP contribution is 2.28. The van der Waals surface area contributed by atoms with Gasteiger partial charge in [-0.25, -0.2) is 4.98 Å². The molecule has 2 N–H and O–H groups in total. The number of piperidine rings is 1. The van der Waals surface area contributed by atoms with Crippen LogP contribution in [0, 0.1) is 5.92 Å². The van der Waals surface area contributed by atoms with Gasteiger partial charge in [-0.1, -0.05) is 20.3 Å². The van der Waals surface area contributed by atoms with Gasteiger partial charge in [0, 0.05) is 54.1 Å². The lowest BCUT2D eigenvalue weighted by Crippen LogP contribution is -2.46. The smallest absolute Gasteiger partial charge is 0.185 e. The second-order valence-corrected chi connectivity index (χ2v) is 9.32. The molecule has 2 atom stereocenters. The topological polar surface area (TPSA) is 72.1 Å². The van der Waals surface area contributed by atoms with Gasteiger partial charge in [-0.05, 0) is 43.0 Å². The molecule has 3 aromatic heterocycles. The molecule has 0 bridgehead atoms. The molecule has 0 aliphatic carbocycles. The van der Waals surface area contributed by atoms with Crippen molar-refractivity contribution in [3.05, 3.63) is 52.8 Å². The highest BCUT2D eigenvalue weighted by molar-refractivity contribution is 7.19. The minimum atomic E-state index is 0.0266. The fourth-order valence-electron chi connectivity index (χ4n) is 4.22. The first kappa shape index (κ1) is 20.0. The third kappa shape index (κ3) is 4.49. The van der Waals surface area contributed by atoms with Gasteiger partial charge in [-0.15, -0.1) is 11.3 Å². The minimum absolute atomic E-state index is 0.0266. The number of ketones is 1. The molecule has 4 heterocycles. The Labute approximate surface area is 176 Å². The number of pyridine rings is 2. The van der Waals surface area contributed by atoms with Crippen molar-refractivity contribution in [2.75, 3.05) is 18.0 Å². The van der Waals surface area contributed by atoms with Crippen molar-refractivity contribution in [1.82, 2.24) is 9.97 Å². The Morgan fingerprint density at radius 2 is 2.17 bits per heavy atom. The van der Waals surface area contributed by atoms with E-state index in [2.05, 4.69) is 34.8 Å². The van der Waals surface area contributed by atoms with Crippen molar-refractivity contribution in [2.24, 2.45) is 11.7 Å². The lowest BCUT2D eigenvalue weighted by Gasteiger charge is -2.37. The molecule has 152 valence electrons. The maximum absolute atomic E-state index is 13.0. The predicted molar refractivity (Wildman–Crippen MR) is 120 cm³/mol. The number of aryl methyl sites for hydroxylation is 1. The minimum Gasteiger partial charge on any atom is -0.369 e. The van der Waals surface area contributed by atoms with E-state index in [4.69, 9.17) is 5.73 Å². The molecule has 3 aromatic rings. The van der Waals surface area contributed by atoms with Gasteiger partial charge in [-0.2, -0.15) is 0 Å². The molecule has 1 saturated heterocycles. The zero-order valence-electron chi connectivity index (χ0n) is 17.1. The van der Waals surface area contributed by atoms with E-state index in [9.17, 15) is 4.79 Å². The molecule has 0 unspecified atom stereocenters. The molecule has 0 radical (unpaired) electrons. The quantitative estimate of drug-likeness (QED) is 0.618. The summed E-state index contributed by atoms with van der Waals surface area (Å²) >= 11 is 1.77. The molecule has 0 saturated carbocycles. The van der Waals surface area contributed by atoms with E-state index in [1.54, 1.807) is 23.7 Å². The summed E-state index contributed by atoms with van der Waals surface area (Å²) < 4.78 is 1.14. The summed E-state index contributed by atoms with van der Waals surface area (Å²) in [5, 5.41) is 0. The number of Topliss-reactive ketones (excluding diaryl/α,β-unsaturated/α-hetero) is 1. The van der Waals surface area contributed by atoms with E-state index >= 15 is 0 Å². The lowest BCUT2D eigenvalue weighted by atomic mass is 9.95. The number of thiophene rings is 1. The Morgan fingerprint density at radius 3 is 2.97 bits per heavy atom. The van der Waals surface area contributed by atoms with Crippen LogP contribution in [0.15, 0.2) is 36.7 Å². The van der Waals surface area contributed by atoms with Gasteiger partial charge in [0.1, 0.15) is 5.69 Å². The van der Waals surface area contributed by atoms with E-state index in [-0.39, 0.29) is 11.8 Å². The number of nitrogens with two attached hydrogens (primary N) is 1. The van der Waals surface area contributed by atoms with Crippen LogP contribution in [-0.2, 0) is 12.8 Å². The SMILES string of the molecule is CCCc1cc2nc(C(=O)Cc3cnccc3N3C[C@H](C)C[C@H](N)C3)ccc2s1. The third-order valence-electron chi connectivity index (χ3n) is 5.47. The summed E-state index contributed by atoms with van der Waals surface area (Å²) in [6, 6.07) is 8.16. The monoisotopic (exact) mass is 408 g/mol. The number of nitrogens with zero attached hydrogens (tertiary/aromatic N) is 3. The van der Waals surface area contributed by atoms with E-state index in [1.165, 1.54) is 4.88 Å². The zero-order chi connectivity index (χ0) is 20.4. The summed E-state index contributed by atoms with van der Waals surface area (Å²) in [5.74, 6) is 0.564. The van der Waals surface area contributed by atoms with Crippen LogP contribution < -0.4 is 10.6 Å². The van der Waals surface area contributed by atoms with Crippen LogP contribution in [0.25, 0.3) is 10.2 Å². The first-order valence-electron chi connectivity index (χ1n) is 10.4. The number of anilines is 1. The molecular formula is C23H28N4OS. The zero-order valence-corrected chi connectivity index (χ0v) is 17.9. The Bertz CT molecular complexity index is 1010. The first-order chi connectivity index (χ1) is 14.0. The summed E-state index contributed by atoms with van der Waals surface area (Å²) in [6.07, 6.45) is 7.11. The van der Waals surface area contributed by atoms with E-state index < -0.39 is 0 Å². The number of carbonyl (C=O) groups is 1. The number of carbonyl (C=O) groups excluding carboxylic acids is 1. The molecule has 0 spiro atoms. The van der Waals surface area contributed by atoms with Crippen LogP contribution in [0.4, 0.5) is 5.69 Å². The van der Waals surface area contributed by atoms with Gasteiger partial charge >= 0.3 is 0 Å². The Morgan fingerprint density at radius 1 is 1.31 bits per heavy atom. The molecular weight excluding hydrogens is 380 g/mol. The molecule has 1 fully saturated rings. The first-order valence-corrected chi connectivity index (χ1v) is 11.2. The standard InChI is InChI=1S/C23H28N4OS/c1-3-4-18-11-20-23(29-18)6-5-19(26-20)22(28)10-16-12-25-8-7-21(16)27-13-15(2)9-17(24)14-27/h5-8,11-12,15,17H,3-4,9-10,13-14,24H2,1-2H3/t15-,17+/m1/s1. The fraction of sp³-hybridized carbons (Fsp3) is 0.435. The Hall–Kier alpha value is -2.31. The average molecular weight is 409 g/mol. The van der Waals surface area contributed by atoms with Crippen LogP contribution in [-0.4, -0.2) is 34.9 Å². The van der Waals surface area contributed by atoms with Crippen molar-refractivity contribution < 1.29 is 4.79 Å². The summed E-state index contributed by atoms with van der Waals surface area (Å²) in [5.41, 5.74) is 9.70. The molecule has 0 amide bonds. The van der Waals surface area contributed by atoms with Gasteiger partial charge in [0.25, 0.3) is 0 Å². The summed E-state index contributed by atoms with van der Waals surface area (Å²) in [6.45, 7) is 6.17. The number of fused-ring (bicyclic) bond motifs is 1. The van der Waals surface area contributed by atoms with Crippen molar-refractivity contribution >= 4 is 33.0 Å². The van der Waals surface area contributed by atoms with Crippen molar-refractivity contribution in [2.45, 2.75) is 45.6 Å². The van der Waals surface area contributed by atoms with Gasteiger partial charge in [0.15, 0.2) is 5.78 Å². The number of aromatic nitrogens is 2. The van der Waals surface area contributed by atoms with E-state index in [0.717, 1.165) is 53.8 Å². The Kier molecular flexibility index (Phi) is 5.92. The second-order valence-electron chi connectivity index (χ2n) is 8.15. The van der Waals surface area contributed by atoms with Crippen molar-refractivity contribution in [1.29, 1.82) is 0 Å². The highest BCUT2D eigenvalue weighted by atomic mass is 32.1. The molecule has 1 aliphatic rings. The summed E-state index contributed by atoms with van der Waals surface area (Å²) in [7, 11) is 0. The van der Waals surface area contributed by atoms with Crippen molar-refractivity contribution in [3.8, 4) is 0 Å². The maximum atomic E-state index is 13.0. The average Bonchev–Trinajstić information content (AvgIpc) is 3.09. The molecule has 6 heteroatoms. The largest absolute Gasteiger partial charge is 0.369 e. The van der Waals surface area contributed by atoms with Crippen LogP contribution in [0.3, 0.4) is 0 Å². The maximum Gasteiger partial charge on any atom is 0.185 e. The second kappa shape index (κ2) is 8.59. The van der Waals surface area contributed by atoms with E-state index in [0.29, 0.717) is 18.0 Å². The van der Waals surface area contributed by atoms with Crippen LogP contribution >= 0.6 is 11.3 Å². The molecule has 0 aromatic carbocycles. The predicted octanol–water partition coefficient (Wildman–Crippen LogP) is 4.24. The Balaban J connectivity index is 1.56. The normalized spacial score (nSPS) is 19.6. The van der Waals surface area contributed by atoms with Crippen LogP contribution in [0.5, 0.6) is 0 Å². The van der Waals surface area contributed by atoms with Gasteiger partial charge in [-0.3, -0.25) is 9.78 Å². The number of rotatable bonds is 6. The van der Waals surface area contributed by atoms with Gasteiger partial charge in [0.05, 0.1) is 10.2 Å². The number of hydrogen-bond acceptors (Lipinski definition) is 6. The molecule has 1 aliphatic heterocycles. The molecule has 4 rings (SSSR count). The van der Waals surface area contributed by atoms with Crippen molar-refractivity contribution in [3.63, 3.8) is 0 Å². The van der Waals surface area contributed by atoms with E-state index in [1.807, 2.05) is 18.2 Å². The highest BCUT2D eigenvalue weighted by Gasteiger charge is 2.24. The third-order valence-corrected chi connectivity index (χ3v) is 6.62. The van der Waals surface area contributed by atoms with Crippen LogP contribution in [0.2, 0.25) is 0 Å². The number of hydrogen-bond donors (Lipinski definition) is 1. The lowest BCUT2D eigenvalue weighted by molar-refractivity contribution is 0.0988. The van der Waals surface area contributed by atoms with Crippen LogP contribution in [0.1, 0.15) is 47.6 Å². The van der Waals surface area contributed by atoms with Gasteiger partial charge in [0.2, 0.25) is 0 Å². The molecule has 5 nitrogen and oxygen atoms in total. The fourth-order valence-corrected chi connectivity index (χ4v) is 5.33.